The number of nitrogens with one attached hydrogen (secondary N) is 2. The second kappa shape index (κ2) is 6.53. The van der Waals surface area contributed by atoms with Crippen molar-refractivity contribution in [3.8, 4) is 0 Å². The lowest BCUT2D eigenvalue weighted by atomic mass is 10.1. The van der Waals surface area contributed by atoms with E-state index in [1.165, 1.54) is 18.2 Å². The van der Waals surface area contributed by atoms with Crippen LogP contribution < -0.4 is 10.6 Å². The van der Waals surface area contributed by atoms with Crippen molar-refractivity contribution in [3.05, 3.63) is 46.4 Å². The van der Waals surface area contributed by atoms with Gasteiger partial charge in [0.2, 0.25) is 5.95 Å². The van der Waals surface area contributed by atoms with Gasteiger partial charge in [-0.25, -0.2) is 9.37 Å². The zero-order chi connectivity index (χ0) is 17.0. The molecule has 0 aliphatic rings. The predicted octanol–water partition coefficient (Wildman–Crippen LogP) is 2.45. The Hall–Kier alpha value is -2.81. The first-order valence-corrected chi connectivity index (χ1v) is 6.75. The summed E-state index contributed by atoms with van der Waals surface area (Å²) < 4.78 is 13.7. The van der Waals surface area contributed by atoms with Crippen molar-refractivity contribution >= 4 is 23.1 Å². The van der Waals surface area contributed by atoms with Gasteiger partial charge in [0.05, 0.1) is 16.7 Å². The van der Waals surface area contributed by atoms with Gasteiger partial charge in [0.25, 0.3) is 5.69 Å². The normalized spacial score (nSPS) is 11.1. The SMILES string of the molecule is CC(C)(O)CNc1nc(Nc2cccc([N+](=O)[O-])c2)ncc1F. The standard InChI is InChI=1S/C14H16FN5O3/c1-14(2,21)8-17-12-11(15)7-16-13(19-12)18-9-4-3-5-10(6-9)20(22)23/h3-7,21H,8H2,1-2H3,(H2,16,17,18,19). The van der Waals surface area contributed by atoms with Crippen LogP contribution in [0.5, 0.6) is 0 Å². The second-order valence-electron chi connectivity index (χ2n) is 5.49. The Bertz CT molecular complexity index is 718. The highest BCUT2D eigenvalue weighted by molar-refractivity contribution is 5.58. The average Bonchev–Trinajstić information content (AvgIpc) is 2.47. The molecule has 0 saturated heterocycles. The van der Waals surface area contributed by atoms with Crippen LogP contribution in [0, 0.1) is 15.9 Å². The smallest absolute Gasteiger partial charge is 0.271 e. The lowest BCUT2D eigenvalue weighted by Gasteiger charge is -2.18. The van der Waals surface area contributed by atoms with Gasteiger partial charge in [-0.1, -0.05) is 6.07 Å². The zero-order valence-corrected chi connectivity index (χ0v) is 12.6. The number of hydrogen-bond donors (Lipinski definition) is 3. The molecule has 2 aromatic rings. The van der Waals surface area contributed by atoms with Crippen molar-refractivity contribution in [2.24, 2.45) is 0 Å². The zero-order valence-electron chi connectivity index (χ0n) is 12.6. The number of benzene rings is 1. The van der Waals surface area contributed by atoms with E-state index >= 15 is 0 Å². The highest BCUT2D eigenvalue weighted by Gasteiger charge is 2.15. The Balaban J connectivity index is 2.17. The Morgan fingerprint density at radius 3 is 2.83 bits per heavy atom. The van der Waals surface area contributed by atoms with Crippen LogP contribution in [0.1, 0.15) is 13.8 Å². The van der Waals surface area contributed by atoms with Crippen molar-refractivity contribution in [3.63, 3.8) is 0 Å². The summed E-state index contributed by atoms with van der Waals surface area (Å²) in [5, 5.41) is 25.8. The minimum atomic E-state index is -1.04. The lowest BCUT2D eigenvalue weighted by molar-refractivity contribution is -0.384. The van der Waals surface area contributed by atoms with E-state index in [0.717, 1.165) is 6.20 Å². The monoisotopic (exact) mass is 321 g/mol. The van der Waals surface area contributed by atoms with Crippen LogP contribution in [0.15, 0.2) is 30.5 Å². The first kappa shape index (κ1) is 16.6. The number of rotatable bonds is 6. The first-order chi connectivity index (χ1) is 10.7. The highest BCUT2D eigenvalue weighted by atomic mass is 19.1. The summed E-state index contributed by atoms with van der Waals surface area (Å²) in [7, 11) is 0. The van der Waals surface area contributed by atoms with Crippen LogP contribution in [0.3, 0.4) is 0 Å². The Morgan fingerprint density at radius 2 is 2.17 bits per heavy atom. The third-order valence-electron chi connectivity index (χ3n) is 2.75. The summed E-state index contributed by atoms with van der Waals surface area (Å²) in [6, 6.07) is 5.78. The maximum Gasteiger partial charge on any atom is 0.271 e. The topological polar surface area (TPSA) is 113 Å². The summed E-state index contributed by atoms with van der Waals surface area (Å²) in [5.74, 6) is -0.668. The number of aromatic nitrogens is 2. The molecule has 0 amide bonds. The first-order valence-electron chi connectivity index (χ1n) is 6.75. The molecule has 0 radical (unpaired) electrons. The van der Waals surface area contributed by atoms with Crippen molar-refractivity contribution in [1.82, 2.24) is 9.97 Å². The Kier molecular flexibility index (Phi) is 4.70. The molecule has 9 heteroatoms. The molecular formula is C14H16FN5O3. The minimum Gasteiger partial charge on any atom is -0.389 e. The number of non-ortho nitro benzene ring substituents is 1. The van der Waals surface area contributed by atoms with Gasteiger partial charge in [0, 0.05) is 24.4 Å². The largest absolute Gasteiger partial charge is 0.389 e. The van der Waals surface area contributed by atoms with E-state index in [9.17, 15) is 19.6 Å². The van der Waals surface area contributed by atoms with E-state index in [-0.39, 0.29) is 24.0 Å². The van der Waals surface area contributed by atoms with E-state index in [0.29, 0.717) is 5.69 Å². The maximum absolute atomic E-state index is 13.7. The maximum atomic E-state index is 13.7. The molecule has 0 bridgehead atoms. The van der Waals surface area contributed by atoms with Gasteiger partial charge in [0.1, 0.15) is 0 Å². The molecular weight excluding hydrogens is 305 g/mol. The lowest BCUT2D eigenvalue weighted by Crippen LogP contribution is -2.30. The molecule has 0 saturated carbocycles. The van der Waals surface area contributed by atoms with Crippen molar-refractivity contribution in [2.45, 2.75) is 19.4 Å². The summed E-state index contributed by atoms with van der Waals surface area (Å²) in [4.78, 5) is 18.0. The van der Waals surface area contributed by atoms with E-state index in [1.807, 2.05) is 0 Å². The van der Waals surface area contributed by atoms with Crippen LogP contribution in [-0.2, 0) is 0 Å². The highest BCUT2D eigenvalue weighted by Crippen LogP contribution is 2.21. The number of halogens is 1. The summed E-state index contributed by atoms with van der Waals surface area (Å²) in [5.41, 5.74) is -0.720. The number of nitro benzene ring substituents is 1. The molecule has 1 aromatic carbocycles. The third kappa shape index (κ3) is 4.85. The number of nitrogens with zero attached hydrogens (tertiary/aromatic N) is 3. The van der Waals surface area contributed by atoms with Gasteiger partial charge >= 0.3 is 0 Å². The third-order valence-corrected chi connectivity index (χ3v) is 2.75. The van der Waals surface area contributed by atoms with E-state index in [4.69, 9.17) is 0 Å². The Labute approximate surface area is 131 Å². The molecule has 0 atom stereocenters. The molecule has 3 N–H and O–H groups in total. The molecule has 8 nitrogen and oxygen atoms in total. The summed E-state index contributed by atoms with van der Waals surface area (Å²) >= 11 is 0. The van der Waals surface area contributed by atoms with Gasteiger partial charge < -0.3 is 15.7 Å². The van der Waals surface area contributed by atoms with Gasteiger partial charge in [-0.05, 0) is 19.9 Å². The van der Waals surface area contributed by atoms with Gasteiger partial charge in [-0.15, -0.1) is 0 Å². The van der Waals surface area contributed by atoms with Crippen LogP contribution in [0.2, 0.25) is 0 Å². The van der Waals surface area contributed by atoms with E-state index in [2.05, 4.69) is 20.6 Å². The summed E-state index contributed by atoms with van der Waals surface area (Å²) in [6.45, 7) is 3.24. The van der Waals surface area contributed by atoms with Gasteiger partial charge in [-0.2, -0.15) is 4.98 Å². The molecule has 0 unspecified atom stereocenters. The van der Waals surface area contributed by atoms with Gasteiger partial charge in [0.15, 0.2) is 11.6 Å². The number of aliphatic hydroxyl groups is 1. The number of hydrogen-bond acceptors (Lipinski definition) is 7. The molecule has 0 fully saturated rings. The molecule has 1 aromatic heterocycles. The molecule has 2 rings (SSSR count). The van der Waals surface area contributed by atoms with E-state index < -0.39 is 16.3 Å². The van der Waals surface area contributed by atoms with Crippen LogP contribution in [0.4, 0.5) is 27.5 Å². The molecule has 0 aliphatic heterocycles. The summed E-state index contributed by atoms with van der Waals surface area (Å²) in [6.07, 6.45) is 0.972. The van der Waals surface area contributed by atoms with Crippen molar-refractivity contribution in [1.29, 1.82) is 0 Å². The van der Waals surface area contributed by atoms with Crippen LogP contribution >= 0.6 is 0 Å². The predicted molar refractivity (Wildman–Crippen MR) is 83.2 cm³/mol. The van der Waals surface area contributed by atoms with Crippen LogP contribution in [-0.4, -0.2) is 32.1 Å². The molecule has 122 valence electrons. The average molecular weight is 321 g/mol. The molecule has 1 heterocycles. The quantitative estimate of drug-likeness (QED) is 0.553. The minimum absolute atomic E-state index is 0.0740. The van der Waals surface area contributed by atoms with Gasteiger partial charge in [-0.3, -0.25) is 10.1 Å². The fourth-order valence-electron chi connectivity index (χ4n) is 1.68. The number of nitro groups is 1. The van der Waals surface area contributed by atoms with E-state index in [1.54, 1.807) is 19.9 Å². The molecule has 0 spiro atoms. The fraction of sp³-hybridized carbons (Fsp3) is 0.286. The van der Waals surface area contributed by atoms with Crippen molar-refractivity contribution < 1.29 is 14.4 Å². The Morgan fingerprint density at radius 1 is 1.43 bits per heavy atom. The van der Waals surface area contributed by atoms with Crippen molar-refractivity contribution in [2.75, 3.05) is 17.2 Å². The fourth-order valence-corrected chi connectivity index (χ4v) is 1.68. The molecule has 23 heavy (non-hydrogen) atoms. The number of anilines is 3. The second-order valence-corrected chi connectivity index (χ2v) is 5.49. The molecule has 0 aliphatic carbocycles. The van der Waals surface area contributed by atoms with Crippen LogP contribution in [0.25, 0.3) is 0 Å².